The Bertz CT molecular complexity index is 944. The second-order valence-electron chi connectivity index (χ2n) is 5.68. The van der Waals surface area contributed by atoms with Gasteiger partial charge >= 0.3 is 0 Å². The van der Waals surface area contributed by atoms with Crippen molar-refractivity contribution in [3.05, 3.63) is 58.6 Å². The highest BCUT2D eigenvalue weighted by Gasteiger charge is 2.22. The van der Waals surface area contributed by atoms with E-state index in [-0.39, 0.29) is 11.0 Å². The van der Waals surface area contributed by atoms with Gasteiger partial charge in [-0.2, -0.15) is 4.68 Å². The van der Waals surface area contributed by atoms with E-state index in [4.69, 9.17) is 16.3 Å². The zero-order valence-corrected chi connectivity index (χ0v) is 16.1. The van der Waals surface area contributed by atoms with Crippen molar-refractivity contribution in [2.75, 3.05) is 7.11 Å². The summed E-state index contributed by atoms with van der Waals surface area (Å²) < 4.78 is 6.99. The molecule has 8 heteroatoms. The number of thioether (sulfide) groups is 1. The van der Waals surface area contributed by atoms with E-state index >= 15 is 0 Å². The molecule has 1 heterocycles. The van der Waals surface area contributed by atoms with E-state index in [1.807, 2.05) is 32.0 Å². The van der Waals surface area contributed by atoms with Crippen LogP contribution in [0.15, 0.2) is 47.6 Å². The van der Waals surface area contributed by atoms with Crippen molar-refractivity contribution in [3.63, 3.8) is 0 Å². The van der Waals surface area contributed by atoms with Crippen molar-refractivity contribution in [1.82, 2.24) is 20.2 Å². The van der Waals surface area contributed by atoms with Crippen molar-refractivity contribution in [3.8, 4) is 11.4 Å². The summed E-state index contributed by atoms with van der Waals surface area (Å²) in [4.78, 5) is 12.7. The maximum absolute atomic E-state index is 12.7. The summed E-state index contributed by atoms with van der Waals surface area (Å²) in [6, 6.07) is 12.6. The first-order valence-corrected chi connectivity index (χ1v) is 9.15. The minimum absolute atomic E-state index is 0.0387. The van der Waals surface area contributed by atoms with Crippen molar-refractivity contribution in [2.45, 2.75) is 24.3 Å². The number of aromatic nitrogens is 4. The molecule has 3 aromatic rings. The van der Waals surface area contributed by atoms with Crippen LogP contribution < -0.4 is 4.74 Å². The van der Waals surface area contributed by atoms with Crippen LogP contribution in [0.3, 0.4) is 0 Å². The molecule has 0 fully saturated rings. The van der Waals surface area contributed by atoms with Gasteiger partial charge in [0, 0.05) is 10.6 Å². The number of halogens is 1. The molecule has 0 bridgehead atoms. The van der Waals surface area contributed by atoms with Crippen LogP contribution in [0.1, 0.15) is 22.8 Å². The SMILES string of the molecule is COc1ccc(C)cc1-n1nnnc1SC(C)C(=O)c1cccc(Cl)c1. The lowest BCUT2D eigenvalue weighted by Crippen LogP contribution is -2.15. The predicted molar refractivity (Wildman–Crippen MR) is 102 cm³/mol. The van der Waals surface area contributed by atoms with E-state index in [1.54, 1.807) is 36.1 Å². The highest BCUT2D eigenvalue weighted by atomic mass is 35.5. The molecule has 1 aromatic heterocycles. The minimum atomic E-state index is -0.381. The van der Waals surface area contributed by atoms with Gasteiger partial charge in [-0.05, 0) is 54.1 Å². The molecule has 1 atom stereocenters. The number of nitrogens with zero attached hydrogens (tertiary/aromatic N) is 4. The van der Waals surface area contributed by atoms with E-state index in [1.165, 1.54) is 11.8 Å². The maximum atomic E-state index is 12.7. The van der Waals surface area contributed by atoms with Gasteiger partial charge in [-0.15, -0.1) is 5.10 Å². The second-order valence-corrected chi connectivity index (χ2v) is 7.43. The number of hydrogen-bond acceptors (Lipinski definition) is 6. The monoisotopic (exact) mass is 388 g/mol. The summed E-state index contributed by atoms with van der Waals surface area (Å²) in [5.74, 6) is 0.613. The maximum Gasteiger partial charge on any atom is 0.214 e. The highest BCUT2D eigenvalue weighted by Crippen LogP contribution is 2.30. The molecule has 6 nitrogen and oxygen atoms in total. The fraction of sp³-hybridized carbons (Fsp3) is 0.222. The third-order valence-electron chi connectivity index (χ3n) is 3.76. The van der Waals surface area contributed by atoms with Crippen molar-refractivity contribution < 1.29 is 9.53 Å². The molecule has 0 N–H and O–H groups in total. The normalized spacial score (nSPS) is 12.0. The van der Waals surface area contributed by atoms with E-state index < -0.39 is 0 Å². The van der Waals surface area contributed by atoms with E-state index in [0.717, 1.165) is 11.3 Å². The molecular formula is C18H17ClN4O2S. The Hall–Kier alpha value is -2.38. The highest BCUT2D eigenvalue weighted by molar-refractivity contribution is 8.00. The average Bonchev–Trinajstić information content (AvgIpc) is 3.08. The minimum Gasteiger partial charge on any atom is -0.494 e. The number of carbonyl (C=O) groups is 1. The molecule has 2 aromatic carbocycles. The number of benzene rings is 2. The quantitative estimate of drug-likeness (QED) is 0.469. The molecule has 0 amide bonds. The number of rotatable bonds is 6. The molecule has 0 aliphatic rings. The van der Waals surface area contributed by atoms with Gasteiger partial charge in [0.1, 0.15) is 11.4 Å². The zero-order chi connectivity index (χ0) is 18.7. The van der Waals surface area contributed by atoms with Gasteiger partial charge < -0.3 is 4.74 Å². The van der Waals surface area contributed by atoms with Gasteiger partial charge in [0.25, 0.3) is 0 Å². The largest absolute Gasteiger partial charge is 0.494 e. The van der Waals surface area contributed by atoms with Crippen LogP contribution in [0.5, 0.6) is 5.75 Å². The van der Waals surface area contributed by atoms with E-state index in [9.17, 15) is 4.79 Å². The lowest BCUT2D eigenvalue weighted by atomic mass is 10.1. The molecular weight excluding hydrogens is 372 g/mol. The number of aryl methyl sites for hydroxylation is 1. The Balaban J connectivity index is 1.88. The fourth-order valence-corrected chi connectivity index (χ4v) is 3.53. The van der Waals surface area contributed by atoms with Crippen molar-refractivity contribution in [2.24, 2.45) is 0 Å². The summed E-state index contributed by atoms with van der Waals surface area (Å²) in [5, 5.41) is 12.5. The molecule has 0 radical (unpaired) electrons. The summed E-state index contributed by atoms with van der Waals surface area (Å²) in [5.41, 5.74) is 2.34. The van der Waals surface area contributed by atoms with Crippen LogP contribution in [-0.4, -0.2) is 38.4 Å². The molecule has 0 saturated carbocycles. The Morgan fingerprint density at radius 3 is 2.81 bits per heavy atom. The number of ketones is 1. The molecule has 134 valence electrons. The van der Waals surface area contributed by atoms with Gasteiger partial charge in [-0.25, -0.2) is 0 Å². The van der Waals surface area contributed by atoms with Crippen LogP contribution in [-0.2, 0) is 0 Å². The molecule has 0 saturated heterocycles. The van der Waals surface area contributed by atoms with Crippen LogP contribution >= 0.6 is 23.4 Å². The summed E-state index contributed by atoms with van der Waals surface area (Å²) in [6.07, 6.45) is 0. The van der Waals surface area contributed by atoms with E-state index in [0.29, 0.717) is 21.5 Å². The molecule has 0 spiro atoms. The third kappa shape index (κ3) is 3.89. The number of methoxy groups -OCH3 is 1. The van der Waals surface area contributed by atoms with Crippen LogP contribution in [0, 0.1) is 6.92 Å². The van der Waals surface area contributed by atoms with Crippen molar-refractivity contribution >= 4 is 29.1 Å². The Morgan fingerprint density at radius 1 is 1.27 bits per heavy atom. The van der Waals surface area contributed by atoms with Gasteiger partial charge in [-0.1, -0.05) is 41.6 Å². The number of hydrogen-bond donors (Lipinski definition) is 0. The summed E-state index contributed by atoms with van der Waals surface area (Å²) in [7, 11) is 1.59. The molecule has 26 heavy (non-hydrogen) atoms. The first-order valence-electron chi connectivity index (χ1n) is 7.89. The smallest absolute Gasteiger partial charge is 0.214 e. The van der Waals surface area contributed by atoms with Gasteiger partial charge in [0.05, 0.1) is 12.4 Å². The van der Waals surface area contributed by atoms with Crippen LogP contribution in [0.2, 0.25) is 5.02 Å². The topological polar surface area (TPSA) is 69.9 Å². The van der Waals surface area contributed by atoms with Gasteiger partial charge in [-0.3, -0.25) is 4.79 Å². The second kappa shape index (κ2) is 7.88. The summed E-state index contributed by atoms with van der Waals surface area (Å²) >= 11 is 7.26. The molecule has 0 aliphatic heterocycles. The number of Topliss-reactive ketones (excluding diaryl/α,β-unsaturated/α-hetero) is 1. The molecule has 0 aliphatic carbocycles. The first kappa shape index (κ1) is 18.4. The van der Waals surface area contributed by atoms with Gasteiger partial charge in [0.2, 0.25) is 5.16 Å². The van der Waals surface area contributed by atoms with Crippen molar-refractivity contribution in [1.29, 1.82) is 0 Å². The average molecular weight is 389 g/mol. The Kier molecular flexibility index (Phi) is 5.58. The standard InChI is InChI=1S/C18H17ClN4O2S/c1-11-7-8-16(25-3)15(9-11)23-18(20-21-22-23)26-12(2)17(24)13-5-4-6-14(19)10-13/h4-10,12H,1-3H3. The number of tetrazole rings is 1. The van der Waals surface area contributed by atoms with Gasteiger partial charge in [0.15, 0.2) is 5.78 Å². The van der Waals surface area contributed by atoms with Crippen LogP contribution in [0.4, 0.5) is 0 Å². The lowest BCUT2D eigenvalue weighted by molar-refractivity contribution is 0.0994. The van der Waals surface area contributed by atoms with E-state index in [2.05, 4.69) is 15.5 Å². The molecule has 3 rings (SSSR count). The Labute approximate surface area is 160 Å². The lowest BCUT2D eigenvalue weighted by Gasteiger charge is -2.12. The fourth-order valence-electron chi connectivity index (χ4n) is 2.46. The Morgan fingerprint density at radius 2 is 2.08 bits per heavy atom. The predicted octanol–water partition coefficient (Wildman–Crippen LogP) is 4.00. The molecule has 1 unspecified atom stereocenters. The van der Waals surface area contributed by atoms with Crippen LogP contribution in [0.25, 0.3) is 5.69 Å². The number of carbonyl (C=O) groups excluding carboxylic acids is 1. The zero-order valence-electron chi connectivity index (χ0n) is 14.5. The summed E-state index contributed by atoms with van der Waals surface area (Å²) in [6.45, 7) is 3.80. The number of ether oxygens (including phenoxy) is 1. The first-order chi connectivity index (χ1) is 12.5. The third-order valence-corrected chi connectivity index (χ3v) is 5.03.